The summed E-state index contributed by atoms with van der Waals surface area (Å²) < 4.78 is 27.8. The molecule has 0 atom stereocenters. The smallest absolute Gasteiger partial charge is 0.243 e. The van der Waals surface area contributed by atoms with E-state index < -0.39 is 10.0 Å². The number of anilines is 1. The summed E-state index contributed by atoms with van der Waals surface area (Å²) in [5.74, 6) is 0. The van der Waals surface area contributed by atoms with Gasteiger partial charge in [-0.05, 0) is 53.5 Å². The Labute approximate surface area is 135 Å². The average molecular weight is 376 g/mol. The zero-order valence-electron chi connectivity index (χ0n) is 12.5. The molecule has 0 bridgehead atoms. The molecule has 1 fully saturated rings. The maximum atomic E-state index is 12.8. The lowest BCUT2D eigenvalue weighted by molar-refractivity contribution is 0.188. The number of hydrogen-bond donors (Lipinski definition) is 1. The van der Waals surface area contributed by atoms with Gasteiger partial charge >= 0.3 is 0 Å². The summed E-state index contributed by atoms with van der Waals surface area (Å²) in [6.45, 7) is 7.62. The highest BCUT2D eigenvalue weighted by molar-refractivity contribution is 9.10. The fourth-order valence-electron chi connectivity index (χ4n) is 2.60. The van der Waals surface area contributed by atoms with Crippen molar-refractivity contribution in [2.45, 2.75) is 25.2 Å². The van der Waals surface area contributed by atoms with Crippen LogP contribution in [-0.2, 0) is 10.0 Å². The highest BCUT2D eigenvalue weighted by Gasteiger charge is 2.29. The number of sulfonamides is 1. The van der Waals surface area contributed by atoms with Crippen LogP contribution in [0.15, 0.2) is 21.5 Å². The molecule has 1 aromatic carbocycles. The molecule has 0 aliphatic carbocycles. The second-order valence-corrected chi connectivity index (χ2v) is 8.15. The Balaban J connectivity index is 2.22. The Morgan fingerprint density at radius 1 is 1.24 bits per heavy atom. The van der Waals surface area contributed by atoms with Gasteiger partial charge in [0.15, 0.2) is 0 Å². The summed E-state index contributed by atoms with van der Waals surface area (Å²) in [5, 5.41) is 0. The van der Waals surface area contributed by atoms with Crippen LogP contribution in [0, 0.1) is 6.92 Å². The second-order valence-electron chi connectivity index (χ2n) is 5.38. The minimum Gasteiger partial charge on any atom is -0.398 e. The first-order valence-corrected chi connectivity index (χ1v) is 9.37. The summed E-state index contributed by atoms with van der Waals surface area (Å²) in [7, 11) is -3.46. The molecular formula is C14H22BrN3O2S. The van der Waals surface area contributed by atoms with E-state index in [4.69, 9.17) is 5.73 Å². The largest absolute Gasteiger partial charge is 0.398 e. The van der Waals surface area contributed by atoms with Gasteiger partial charge < -0.3 is 10.6 Å². The first kappa shape index (κ1) is 16.7. The molecule has 0 unspecified atom stereocenters. The molecule has 7 heteroatoms. The van der Waals surface area contributed by atoms with Gasteiger partial charge in [-0.25, -0.2) is 8.42 Å². The number of aryl methyl sites for hydroxylation is 1. The van der Waals surface area contributed by atoms with Gasteiger partial charge in [0.25, 0.3) is 0 Å². The quantitative estimate of drug-likeness (QED) is 0.817. The van der Waals surface area contributed by atoms with Crippen LogP contribution in [0.25, 0.3) is 0 Å². The second kappa shape index (κ2) is 6.64. The Bertz CT molecular complexity index is 611. The van der Waals surface area contributed by atoms with E-state index in [0.29, 0.717) is 29.2 Å². The van der Waals surface area contributed by atoms with Crippen LogP contribution in [0.1, 0.15) is 18.9 Å². The van der Waals surface area contributed by atoms with Crippen LogP contribution in [-0.4, -0.2) is 50.3 Å². The lowest BCUT2D eigenvalue weighted by Crippen LogP contribution is -2.48. The van der Waals surface area contributed by atoms with Crippen LogP contribution in [0.5, 0.6) is 0 Å². The predicted molar refractivity (Wildman–Crippen MR) is 88.8 cm³/mol. The molecule has 1 aliphatic rings. The van der Waals surface area contributed by atoms with E-state index in [9.17, 15) is 8.42 Å². The zero-order valence-corrected chi connectivity index (χ0v) is 14.9. The van der Waals surface area contributed by atoms with Crippen molar-refractivity contribution in [1.82, 2.24) is 9.21 Å². The first-order valence-electron chi connectivity index (χ1n) is 7.14. The molecule has 2 N–H and O–H groups in total. The number of nitrogens with two attached hydrogens (primary N) is 1. The third-order valence-electron chi connectivity index (χ3n) is 3.78. The van der Waals surface area contributed by atoms with Gasteiger partial charge in [0.1, 0.15) is 0 Å². The molecule has 1 heterocycles. The van der Waals surface area contributed by atoms with Crippen LogP contribution < -0.4 is 5.73 Å². The van der Waals surface area contributed by atoms with Crippen molar-refractivity contribution in [3.05, 3.63) is 22.2 Å². The molecule has 0 aromatic heterocycles. The standard InChI is InChI=1S/C14H22BrN3O2S/c1-3-4-17-5-7-18(8-6-17)21(19,20)14-10-13(16)12(15)9-11(14)2/h9-10H,3-8,16H2,1-2H3. The number of piperazine rings is 1. The van der Waals surface area contributed by atoms with E-state index >= 15 is 0 Å². The Hall–Kier alpha value is -0.630. The van der Waals surface area contributed by atoms with E-state index in [0.717, 1.165) is 30.5 Å². The van der Waals surface area contributed by atoms with Gasteiger partial charge in [-0.1, -0.05) is 6.92 Å². The maximum absolute atomic E-state index is 12.8. The van der Waals surface area contributed by atoms with E-state index in [-0.39, 0.29) is 0 Å². The minimum absolute atomic E-state index is 0.312. The maximum Gasteiger partial charge on any atom is 0.243 e. The van der Waals surface area contributed by atoms with Crippen LogP contribution in [0.3, 0.4) is 0 Å². The topological polar surface area (TPSA) is 66.6 Å². The molecule has 1 aliphatic heterocycles. The van der Waals surface area contributed by atoms with Crippen molar-refractivity contribution in [3.8, 4) is 0 Å². The normalized spacial score (nSPS) is 18.0. The van der Waals surface area contributed by atoms with Crippen molar-refractivity contribution >= 4 is 31.6 Å². The molecule has 5 nitrogen and oxygen atoms in total. The van der Waals surface area contributed by atoms with Gasteiger partial charge in [-0.15, -0.1) is 0 Å². The van der Waals surface area contributed by atoms with Gasteiger partial charge in [0.05, 0.1) is 4.90 Å². The van der Waals surface area contributed by atoms with Crippen molar-refractivity contribution < 1.29 is 8.42 Å². The van der Waals surface area contributed by atoms with E-state index in [1.54, 1.807) is 23.4 Å². The first-order chi connectivity index (χ1) is 9.86. The van der Waals surface area contributed by atoms with Gasteiger partial charge in [-0.3, -0.25) is 0 Å². The van der Waals surface area contributed by atoms with E-state index in [2.05, 4.69) is 27.8 Å². The molecule has 0 amide bonds. The summed E-state index contributed by atoms with van der Waals surface area (Å²) >= 11 is 3.33. The molecule has 0 spiro atoms. The summed E-state index contributed by atoms with van der Waals surface area (Å²) in [4.78, 5) is 2.61. The monoisotopic (exact) mass is 375 g/mol. The lowest BCUT2D eigenvalue weighted by atomic mass is 10.2. The number of hydrogen-bond acceptors (Lipinski definition) is 4. The van der Waals surface area contributed by atoms with Gasteiger partial charge in [-0.2, -0.15) is 4.31 Å². The molecule has 0 radical (unpaired) electrons. The van der Waals surface area contributed by atoms with Crippen molar-refractivity contribution in [1.29, 1.82) is 0 Å². The fourth-order valence-corrected chi connectivity index (χ4v) is 4.72. The Morgan fingerprint density at radius 2 is 1.86 bits per heavy atom. The SMILES string of the molecule is CCCN1CCN(S(=O)(=O)c2cc(N)c(Br)cc2C)CC1. The Kier molecular flexibility index (Phi) is 5.29. The summed E-state index contributed by atoms with van der Waals surface area (Å²) in [5.41, 5.74) is 7.00. The number of nitrogen functional groups attached to an aromatic ring is 1. The highest BCUT2D eigenvalue weighted by atomic mass is 79.9. The predicted octanol–water partition coefficient (Wildman–Crippen LogP) is 2.06. The molecule has 21 heavy (non-hydrogen) atoms. The molecule has 2 rings (SSSR count). The van der Waals surface area contributed by atoms with Crippen molar-refractivity contribution in [2.75, 3.05) is 38.5 Å². The third kappa shape index (κ3) is 3.59. The molecule has 1 aromatic rings. The minimum atomic E-state index is -3.46. The number of nitrogens with zero attached hydrogens (tertiary/aromatic N) is 2. The van der Waals surface area contributed by atoms with Crippen LogP contribution in [0.2, 0.25) is 0 Å². The highest BCUT2D eigenvalue weighted by Crippen LogP contribution is 2.29. The van der Waals surface area contributed by atoms with Crippen molar-refractivity contribution in [3.63, 3.8) is 0 Å². The van der Waals surface area contributed by atoms with Gasteiger partial charge in [0, 0.05) is 36.3 Å². The van der Waals surface area contributed by atoms with Crippen LogP contribution in [0.4, 0.5) is 5.69 Å². The Morgan fingerprint density at radius 3 is 2.43 bits per heavy atom. The molecule has 1 saturated heterocycles. The fraction of sp³-hybridized carbons (Fsp3) is 0.571. The average Bonchev–Trinajstić information content (AvgIpc) is 2.43. The molecule has 118 valence electrons. The van der Waals surface area contributed by atoms with Crippen LogP contribution >= 0.6 is 15.9 Å². The third-order valence-corrected chi connectivity index (χ3v) is 6.51. The lowest BCUT2D eigenvalue weighted by Gasteiger charge is -2.34. The van der Waals surface area contributed by atoms with Gasteiger partial charge in [0.2, 0.25) is 10.0 Å². The number of benzene rings is 1. The molecule has 0 saturated carbocycles. The van der Waals surface area contributed by atoms with Crippen molar-refractivity contribution in [2.24, 2.45) is 0 Å². The van der Waals surface area contributed by atoms with E-state index in [1.807, 2.05) is 0 Å². The summed E-state index contributed by atoms with van der Waals surface area (Å²) in [6.07, 6.45) is 1.09. The number of rotatable bonds is 4. The molecular weight excluding hydrogens is 354 g/mol. The number of halogens is 1. The summed E-state index contributed by atoms with van der Waals surface area (Å²) in [6, 6.07) is 3.31. The zero-order chi connectivity index (χ0) is 15.6. The van der Waals surface area contributed by atoms with E-state index in [1.165, 1.54) is 0 Å².